The average Bonchev–Trinajstić information content (AvgIpc) is 3.49. The Labute approximate surface area is 275 Å². The molecule has 1 aliphatic rings. The molecule has 0 bridgehead atoms. The minimum Gasteiger partial charge on any atom is -0.493 e. The quantitative estimate of drug-likeness (QED) is 0.149. The first-order chi connectivity index (χ1) is 21.7. The van der Waals surface area contributed by atoms with Crippen molar-refractivity contribution < 1.29 is 33.6 Å². The molecule has 0 spiro atoms. The molecule has 2 rings (SSSR count). The van der Waals surface area contributed by atoms with Gasteiger partial charge in [0.2, 0.25) is 5.91 Å². The lowest BCUT2D eigenvalue weighted by atomic mass is 9.80. The molecule has 0 radical (unpaired) electrons. The molecule has 0 aromatic heterocycles. The number of hydrogen-bond donors (Lipinski definition) is 4. The highest BCUT2D eigenvalue weighted by Crippen LogP contribution is 2.32. The summed E-state index contributed by atoms with van der Waals surface area (Å²) in [5, 5.41) is 26.9. The number of carbonyl (C=O) groups is 2. The molecular formula is C33H58N6O7. The van der Waals surface area contributed by atoms with E-state index in [0.717, 1.165) is 12.0 Å². The Morgan fingerprint density at radius 1 is 1.07 bits per heavy atom. The van der Waals surface area contributed by atoms with Gasteiger partial charge in [0.05, 0.1) is 25.9 Å². The lowest BCUT2D eigenvalue weighted by molar-refractivity contribution is -0.127. The highest BCUT2D eigenvalue weighted by atomic mass is 16.6. The van der Waals surface area contributed by atoms with E-state index in [-0.39, 0.29) is 30.1 Å². The van der Waals surface area contributed by atoms with Crippen LogP contribution in [0.4, 0.5) is 4.79 Å². The predicted molar refractivity (Wildman–Crippen MR) is 176 cm³/mol. The molecule has 0 saturated heterocycles. The lowest BCUT2D eigenvalue weighted by Crippen LogP contribution is -2.49. The number of ether oxygens (including phenoxy) is 4. The standard InChI is InChI=1S/C33H58N6O7/c1-22(2)25(17-24-11-12-29(44-9)30(18-24)45-16-10-15-43-8)19-27(36-32(42)46-33(5,6)7)28(40)20-26(23(3)4)31(41)34-13-14-39-21-35-37-38-39/h11-12,18,22-23,25-28,40H,10,13-17,19-21H2,1-9H3,(H,34,41)(H,35,38)(H,36,42)/t25-,26-,27-,28-/m0/s1. The van der Waals surface area contributed by atoms with Gasteiger partial charge in [0, 0.05) is 39.1 Å². The van der Waals surface area contributed by atoms with Crippen molar-refractivity contribution in [2.75, 3.05) is 47.2 Å². The SMILES string of the molecule is COCCCOc1cc(C[C@@H](C[C@H](NC(=O)OC(C)(C)C)[C@@H](O)C[C@H](C(=O)NCCN2CN=NN2)C(C)C)C(C)C)ccc1OC. The maximum Gasteiger partial charge on any atom is 0.407 e. The fourth-order valence-corrected chi connectivity index (χ4v) is 5.24. The summed E-state index contributed by atoms with van der Waals surface area (Å²) in [5.74, 6) is 0.989. The zero-order valence-corrected chi connectivity index (χ0v) is 29.3. The summed E-state index contributed by atoms with van der Waals surface area (Å²) < 4.78 is 22.2. The van der Waals surface area contributed by atoms with Crippen LogP contribution in [0.2, 0.25) is 0 Å². The number of nitrogens with zero attached hydrogens (tertiary/aromatic N) is 3. The molecule has 0 unspecified atom stereocenters. The van der Waals surface area contributed by atoms with E-state index in [1.54, 1.807) is 40.0 Å². The lowest BCUT2D eigenvalue weighted by Gasteiger charge is -2.33. The van der Waals surface area contributed by atoms with E-state index in [9.17, 15) is 14.7 Å². The van der Waals surface area contributed by atoms with Crippen molar-refractivity contribution in [2.24, 2.45) is 34.0 Å². The zero-order chi connectivity index (χ0) is 34.3. The van der Waals surface area contributed by atoms with Crippen molar-refractivity contribution in [3.63, 3.8) is 0 Å². The Kier molecular flexibility index (Phi) is 16.5. The number of hydrazine groups is 1. The topological polar surface area (TPSA) is 155 Å². The summed E-state index contributed by atoms with van der Waals surface area (Å²) in [5.41, 5.74) is 3.11. The summed E-state index contributed by atoms with van der Waals surface area (Å²) in [6.07, 6.45) is 0.519. The third kappa shape index (κ3) is 14.1. The largest absolute Gasteiger partial charge is 0.493 e. The maximum absolute atomic E-state index is 13.2. The Balaban J connectivity index is 2.21. The molecular weight excluding hydrogens is 592 g/mol. The Morgan fingerprint density at radius 3 is 2.39 bits per heavy atom. The number of carbonyl (C=O) groups excluding carboxylic acids is 2. The van der Waals surface area contributed by atoms with Gasteiger partial charge in [-0.25, -0.2) is 10.3 Å². The van der Waals surface area contributed by atoms with E-state index in [1.807, 2.05) is 32.0 Å². The number of rotatable bonds is 20. The summed E-state index contributed by atoms with van der Waals surface area (Å²) in [6.45, 7) is 16.1. The molecule has 4 N–H and O–H groups in total. The summed E-state index contributed by atoms with van der Waals surface area (Å²) in [6, 6.07) is 5.27. The maximum atomic E-state index is 13.2. The van der Waals surface area contributed by atoms with Crippen molar-refractivity contribution >= 4 is 12.0 Å². The summed E-state index contributed by atoms with van der Waals surface area (Å²) >= 11 is 0. The fourth-order valence-electron chi connectivity index (χ4n) is 5.24. The summed E-state index contributed by atoms with van der Waals surface area (Å²) in [7, 11) is 3.28. The van der Waals surface area contributed by atoms with Crippen LogP contribution in [0.3, 0.4) is 0 Å². The third-order valence-corrected chi connectivity index (χ3v) is 7.95. The Bertz CT molecular complexity index is 1090. The highest BCUT2D eigenvalue weighted by molar-refractivity contribution is 5.79. The molecule has 262 valence electrons. The second kappa shape index (κ2) is 19.5. The second-order valence-electron chi connectivity index (χ2n) is 13.6. The van der Waals surface area contributed by atoms with Crippen molar-refractivity contribution in [2.45, 2.75) is 91.9 Å². The van der Waals surface area contributed by atoms with Gasteiger partial charge in [0.15, 0.2) is 11.5 Å². The molecule has 2 amide bonds. The van der Waals surface area contributed by atoms with Crippen LogP contribution in [0.15, 0.2) is 28.5 Å². The van der Waals surface area contributed by atoms with Gasteiger partial charge in [-0.3, -0.25) is 4.79 Å². The van der Waals surface area contributed by atoms with E-state index in [0.29, 0.717) is 57.3 Å². The van der Waals surface area contributed by atoms with Gasteiger partial charge < -0.3 is 34.7 Å². The van der Waals surface area contributed by atoms with E-state index in [4.69, 9.17) is 18.9 Å². The molecule has 13 nitrogen and oxygen atoms in total. The smallest absolute Gasteiger partial charge is 0.407 e. The van der Waals surface area contributed by atoms with Crippen molar-refractivity contribution in [1.29, 1.82) is 0 Å². The molecule has 1 aromatic carbocycles. The molecule has 0 saturated carbocycles. The number of nitrogens with one attached hydrogen (secondary N) is 3. The predicted octanol–water partition coefficient (Wildman–Crippen LogP) is 4.49. The number of alkyl carbamates (subject to hydrolysis) is 1. The summed E-state index contributed by atoms with van der Waals surface area (Å²) in [4.78, 5) is 26.2. The van der Waals surface area contributed by atoms with Crippen LogP contribution < -0.4 is 25.6 Å². The van der Waals surface area contributed by atoms with Crippen molar-refractivity contribution in [3.05, 3.63) is 23.8 Å². The minimum absolute atomic E-state index is 0.0331. The Hall–Kier alpha value is -3.16. The monoisotopic (exact) mass is 650 g/mol. The van der Waals surface area contributed by atoms with Gasteiger partial charge in [-0.15, -0.1) is 0 Å². The van der Waals surface area contributed by atoms with Crippen LogP contribution in [0, 0.1) is 23.7 Å². The highest BCUT2D eigenvalue weighted by Gasteiger charge is 2.33. The third-order valence-electron chi connectivity index (χ3n) is 7.95. The first-order valence-electron chi connectivity index (χ1n) is 16.3. The van der Waals surface area contributed by atoms with Crippen LogP contribution >= 0.6 is 0 Å². The first kappa shape index (κ1) is 39.0. The molecule has 1 aliphatic heterocycles. The van der Waals surface area contributed by atoms with Gasteiger partial charge in [-0.05, 0) is 75.5 Å². The van der Waals surface area contributed by atoms with Gasteiger partial charge in [-0.2, -0.15) is 10.1 Å². The first-order valence-corrected chi connectivity index (χ1v) is 16.3. The van der Waals surface area contributed by atoms with Crippen LogP contribution in [0.25, 0.3) is 0 Å². The van der Waals surface area contributed by atoms with Crippen LogP contribution in [-0.2, 0) is 20.7 Å². The molecule has 4 atom stereocenters. The van der Waals surface area contributed by atoms with Gasteiger partial charge in [-0.1, -0.05) is 39.0 Å². The molecule has 1 heterocycles. The number of aliphatic hydroxyl groups is 1. The van der Waals surface area contributed by atoms with Crippen LogP contribution in [0.5, 0.6) is 11.5 Å². The van der Waals surface area contributed by atoms with Gasteiger partial charge >= 0.3 is 6.09 Å². The average molecular weight is 651 g/mol. The Morgan fingerprint density at radius 2 is 1.80 bits per heavy atom. The number of amides is 2. The van der Waals surface area contributed by atoms with Gasteiger partial charge in [0.1, 0.15) is 12.3 Å². The van der Waals surface area contributed by atoms with E-state index < -0.39 is 29.8 Å². The van der Waals surface area contributed by atoms with Crippen LogP contribution in [0.1, 0.15) is 73.3 Å². The van der Waals surface area contributed by atoms with Crippen molar-refractivity contribution in [3.8, 4) is 11.5 Å². The number of methoxy groups -OCH3 is 2. The molecule has 13 heteroatoms. The zero-order valence-electron chi connectivity index (χ0n) is 29.3. The normalized spacial score (nSPS) is 16.1. The molecule has 46 heavy (non-hydrogen) atoms. The minimum atomic E-state index is -0.986. The number of benzene rings is 1. The second-order valence-corrected chi connectivity index (χ2v) is 13.6. The molecule has 1 aromatic rings. The van der Waals surface area contributed by atoms with E-state index in [1.165, 1.54) is 0 Å². The van der Waals surface area contributed by atoms with E-state index >= 15 is 0 Å². The van der Waals surface area contributed by atoms with E-state index in [2.05, 4.69) is 40.4 Å². The molecule has 0 fully saturated rings. The van der Waals surface area contributed by atoms with Gasteiger partial charge in [0.25, 0.3) is 0 Å². The van der Waals surface area contributed by atoms with Crippen molar-refractivity contribution in [1.82, 2.24) is 21.2 Å². The fraction of sp³-hybridized carbons (Fsp3) is 0.758. The number of aliphatic hydroxyl groups excluding tert-OH is 1. The number of hydrogen-bond acceptors (Lipinski definition) is 11. The van der Waals surface area contributed by atoms with Crippen LogP contribution in [-0.4, -0.2) is 87.1 Å². The molecule has 0 aliphatic carbocycles.